The van der Waals surface area contributed by atoms with E-state index in [1.54, 1.807) is 0 Å². The van der Waals surface area contributed by atoms with Crippen LogP contribution in [0.15, 0.2) is 35.3 Å². The molecule has 2 saturated carbocycles. The smallest absolute Gasteiger partial charge is 0.191 e. The van der Waals surface area contributed by atoms with Gasteiger partial charge in [0.05, 0.1) is 0 Å². The molecule has 148 valence electrons. The zero-order valence-electron chi connectivity index (χ0n) is 16.9. The van der Waals surface area contributed by atoms with Crippen molar-refractivity contribution in [1.82, 2.24) is 15.5 Å². The van der Waals surface area contributed by atoms with Crippen LogP contribution in [0.1, 0.15) is 56.9 Å². The molecule has 0 amide bonds. The summed E-state index contributed by atoms with van der Waals surface area (Å²) in [7, 11) is 1.90. The zero-order chi connectivity index (χ0) is 18.5. The molecule has 3 fully saturated rings. The summed E-state index contributed by atoms with van der Waals surface area (Å²) < 4.78 is 0. The monoisotopic (exact) mass is 368 g/mol. The third-order valence-electron chi connectivity index (χ3n) is 6.94. The lowest BCUT2D eigenvalue weighted by Crippen LogP contribution is -2.51. The van der Waals surface area contributed by atoms with Gasteiger partial charge in [0.25, 0.3) is 0 Å². The van der Waals surface area contributed by atoms with Crippen molar-refractivity contribution in [1.29, 1.82) is 0 Å². The summed E-state index contributed by atoms with van der Waals surface area (Å²) in [6, 6.07) is 12.4. The van der Waals surface area contributed by atoms with Crippen molar-refractivity contribution in [2.75, 3.05) is 26.7 Å². The average Bonchev–Trinajstić information content (AvgIpc) is 3.25. The maximum atomic E-state index is 4.50. The molecular weight excluding hydrogens is 332 g/mol. The van der Waals surface area contributed by atoms with E-state index in [-0.39, 0.29) is 0 Å². The first-order valence-corrected chi connectivity index (χ1v) is 11.0. The van der Waals surface area contributed by atoms with E-state index in [0.717, 1.165) is 18.5 Å². The molecule has 0 atom stereocenters. The van der Waals surface area contributed by atoms with Gasteiger partial charge in [-0.05, 0) is 55.9 Å². The van der Waals surface area contributed by atoms with E-state index in [1.807, 2.05) is 7.05 Å². The first-order chi connectivity index (χ1) is 13.3. The van der Waals surface area contributed by atoms with Crippen molar-refractivity contribution in [3.63, 3.8) is 0 Å². The molecular formula is C23H36N4. The normalized spacial score (nSPS) is 24.1. The van der Waals surface area contributed by atoms with Crippen molar-refractivity contribution in [3.8, 4) is 0 Å². The number of nitrogens with one attached hydrogen (secondary N) is 2. The molecule has 2 aliphatic carbocycles. The number of likely N-dealkylation sites (tertiary alicyclic amines) is 1. The van der Waals surface area contributed by atoms with Gasteiger partial charge in [-0.1, -0.05) is 43.2 Å². The van der Waals surface area contributed by atoms with Gasteiger partial charge in [0.1, 0.15) is 0 Å². The van der Waals surface area contributed by atoms with Gasteiger partial charge in [0.2, 0.25) is 0 Å². The molecule has 0 radical (unpaired) electrons. The van der Waals surface area contributed by atoms with E-state index in [1.165, 1.54) is 76.4 Å². The Hall–Kier alpha value is -1.55. The third kappa shape index (κ3) is 5.04. The van der Waals surface area contributed by atoms with Crippen LogP contribution in [0.5, 0.6) is 0 Å². The van der Waals surface area contributed by atoms with E-state index in [4.69, 9.17) is 0 Å². The van der Waals surface area contributed by atoms with Crippen LogP contribution in [0.25, 0.3) is 0 Å². The molecule has 4 heteroatoms. The minimum absolute atomic E-state index is 0.435. The Balaban J connectivity index is 1.21. The second kappa shape index (κ2) is 8.64. The van der Waals surface area contributed by atoms with Gasteiger partial charge in [-0.3, -0.25) is 4.99 Å². The van der Waals surface area contributed by atoms with Crippen LogP contribution in [-0.2, 0) is 6.42 Å². The standard InChI is InChI=1S/C23H36N4/c1-24-22(25-18-23(13-14-23)17-19-7-3-2-4-8-19)26-20-11-15-27(16-12-20)21-9-5-6-10-21/h2-4,7-8,20-21H,5-6,9-18H2,1H3,(H2,24,25,26). The van der Waals surface area contributed by atoms with Gasteiger partial charge >= 0.3 is 0 Å². The topological polar surface area (TPSA) is 39.7 Å². The van der Waals surface area contributed by atoms with Gasteiger partial charge in [-0.2, -0.15) is 0 Å². The lowest BCUT2D eigenvalue weighted by atomic mass is 9.96. The Bertz CT molecular complexity index is 609. The second-order valence-corrected chi connectivity index (χ2v) is 8.98. The average molecular weight is 369 g/mol. The summed E-state index contributed by atoms with van der Waals surface area (Å²) in [6.45, 7) is 3.52. The van der Waals surface area contributed by atoms with Crippen LogP contribution < -0.4 is 10.6 Å². The van der Waals surface area contributed by atoms with Crippen molar-refractivity contribution >= 4 is 5.96 Å². The Labute approximate surface area is 164 Å². The summed E-state index contributed by atoms with van der Waals surface area (Å²) in [5.41, 5.74) is 1.89. The summed E-state index contributed by atoms with van der Waals surface area (Å²) >= 11 is 0. The number of hydrogen-bond acceptors (Lipinski definition) is 2. The third-order valence-corrected chi connectivity index (χ3v) is 6.94. The lowest BCUT2D eigenvalue weighted by molar-refractivity contribution is 0.150. The van der Waals surface area contributed by atoms with Crippen LogP contribution in [-0.4, -0.2) is 49.6 Å². The number of aliphatic imine (C=N–C) groups is 1. The molecule has 2 N–H and O–H groups in total. The Morgan fingerprint density at radius 1 is 1.07 bits per heavy atom. The van der Waals surface area contributed by atoms with Crippen molar-refractivity contribution < 1.29 is 0 Å². The molecule has 27 heavy (non-hydrogen) atoms. The fourth-order valence-corrected chi connectivity index (χ4v) is 4.96. The Kier molecular flexibility index (Phi) is 6.01. The SMILES string of the molecule is CN=C(NCC1(Cc2ccccc2)CC1)NC1CCN(C2CCCC2)CC1. The van der Waals surface area contributed by atoms with Gasteiger partial charge in [-0.15, -0.1) is 0 Å². The van der Waals surface area contributed by atoms with Crippen molar-refractivity contribution in [3.05, 3.63) is 35.9 Å². The number of nitrogens with zero attached hydrogens (tertiary/aromatic N) is 2. The first-order valence-electron chi connectivity index (χ1n) is 11.0. The molecule has 0 spiro atoms. The predicted octanol–water partition coefficient (Wildman–Crippen LogP) is 3.58. The van der Waals surface area contributed by atoms with Crippen molar-refractivity contribution in [2.24, 2.45) is 10.4 Å². The molecule has 1 saturated heterocycles. The molecule has 3 aliphatic rings. The Morgan fingerprint density at radius 2 is 1.78 bits per heavy atom. The predicted molar refractivity (Wildman–Crippen MR) is 113 cm³/mol. The van der Waals surface area contributed by atoms with Crippen LogP contribution in [0.2, 0.25) is 0 Å². The number of hydrogen-bond donors (Lipinski definition) is 2. The molecule has 1 aromatic rings. The van der Waals surface area contributed by atoms with Gasteiger partial charge in [0, 0.05) is 38.8 Å². The van der Waals surface area contributed by atoms with E-state index < -0.39 is 0 Å². The van der Waals surface area contributed by atoms with Crippen LogP contribution in [0, 0.1) is 5.41 Å². The fraction of sp³-hybridized carbons (Fsp3) is 0.696. The molecule has 1 aromatic carbocycles. The first kappa shape index (κ1) is 18.8. The Morgan fingerprint density at radius 3 is 2.41 bits per heavy atom. The molecule has 0 unspecified atom stereocenters. The molecule has 1 aliphatic heterocycles. The molecule has 1 heterocycles. The van der Waals surface area contributed by atoms with Crippen molar-refractivity contribution in [2.45, 2.75) is 69.9 Å². The largest absolute Gasteiger partial charge is 0.356 e. The highest BCUT2D eigenvalue weighted by atomic mass is 15.2. The zero-order valence-corrected chi connectivity index (χ0v) is 16.9. The quantitative estimate of drug-likeness (QED) is 0.595. The van der Waals surface area contributed by atoms with Crippen LogP contribution in [0.3, 0.4) is 0 Å². The molecule has 0 aromatic heterocycles. The summed E-state index contributed by atoms with van der Waals surface area (Å²) in [5, 5.41) is 7.32. The van der Waals surface area contributed by atoms with E-state index in [0.29, 0.717) is 11.5 Å². The minimum Gasteiger partial charge on any atom is -0.356 e. The number of guanidine groups is 1. The second-order valence-electron chi connectivity index (χ2n) is 8.98. The summed E-state index contributed by atoms with van der Waals surface area (Å²) in [5.74, 6) is 0.994. The van der Waals surface area contributed by atoms with E-state index in [2.05, 4.69) is 50.9 Å². The molecule has 4 nitrogen and oxygen atoms in total. The van der Waals surface area contributed by atoms with Gasteiger partial charge in [0.15, 0.2) is 5.96 Å². The van der Waals surface area contributed by atoms with Crippen LogP contribution in [0.4, 0.5) is 0 Å². The highest BCUT2D eigenvalue weighted by Gasteiger charge is 2.42. The van der Waals surface area contributed by atoms with E-state index in [9.17, 15) is 0 Å². The maximum absolute atomic E-state index is 4.50. The molecule has 4 rings (SSSR count). The van der Waals surface area contributed by atoms with E-state index >= 15 is 0 Å². The highest BCUT2D eigenvalue weighted by molar-refractivity contribution is 5.80. The number of benzene rings is 1. The summed E-state index contributed by atoms with van der Waals surface area (Å²) in [6.07, 6.45) is 12.0. The molecule has 0 bridgehead atoms. The fourth-order valence-electron chi connectivity index (χ4n) is 4.96. The van der Waals surface area contributed by atoms with Gasteiger partial charge < -0.3 is 15.5 Å². The lowest BCUT2D eigenvalue weighted by Gasteiger charge is -2.36. The maximum Gasteiger partial charge on any atom is 0.191 e. The highest BCUT2D eigenvalue weighted by Crippen LogP contribution is 2.47. The minimum atomic E-state index is 0.435. The number of piperidine rings is 1. The summed E-state index contributed by atoms with van der Waals surface area (Å²) in [4.78, 5) is 7.23. The van der Waals surface area contributed by atoms with Gasteiger partial charge in [-0.25, -0.2) is 0 Å². The van der Waals surface area contributed by atoms with Crippen LogP contribution >= 0.6 is 0 Å². The number of rotatable bonds is 6.